The van der Waals surface area contributed by atoms with Crippen molar-refractivity contribution >= 4 is 36.4 Å². The predicted molar refractivity (Wildman–Crippen MR) is 151 cm³/mol. The Balaban J connectivity index is 1.73. The highest BCUT2D eigenvalue weighted by molar-refractivity contribution is 7.90. The van der Waals surface area contributed by atoms with Crippen LogP contribution in [-0.4, -0.2) is 43.4 Å². The van der Waals surface area contributed by atoms with Crippen molar-refractivity contribution < 1.29 is 9.84 Å². The second-order valence-corrected chi connectivity index (χ2v) is 14.4. The first-order chi connectivity index (χ1) is 16.8. The first-order valence-corrected chi connectivity index (χ1v) is 15.6. The van der Waals surface area contributed by atoms with Gasteiger partial charge in [0, 0.05) is 6.16 Å². The minimum Gasteiger partial charge on any atom is -0.394 e. The fourth-order valence-electron chi connectivity index (χ4n) is 4.48. The molecule has 0 radical (unpaired) electrons. The summed E-state index contributed by atoms with van der Waals surface area (Å²) in [5, 5.41) is 15.0. The predicted octanol–water partition coefficient (Wildman–Crippen LogP) is 4.80. The van der Waals surface area contributed by atoms with E-state index in [9.17, 15) is 5.11 Å². The molecular formula is C30H33O2P2+. The first-order valence-electron chi connectivity index (χ1n) is 11.9. The molecule has 2 nitrogen and oxygen atoms in total. The van der Waals surface area contributed by atoms with E-state index in [1.807, 2.05) is 0 Å². The van der Waals surface area contributed by atoms with Crippen LogP contribution in [0.15, 0.2) is 121 Å². The summed E-state index contributed by atoms with van der Waals surface area (Å²) in [7, 11) is -2.20. The molecular weight excluding hydrogens is 454 g/mol. The maximum Gasteiger partial charge on any atom is 0.0992 e. The third kappa shape index (κ3) is 6.21. The molecule has 0 unspecified atom stereocenters. The summed E-state index contributed by atoms with van der Waals surface area (Å²) in [5.74, 6) is 0. The Bertz CT molecular complexity index is 1010. The van der Waals surface area contributed by atoms with Gasteiger partial charge in [-0.1, -0.05) is 97.1 Å². The summed E-state index contributed by atoms with van der Waals surface area (Å²) >= 11 is 0. The third-order valence-electron chi connectivity index (χ3n) is 6.19. The summed E-state index contributed by atoms with van der Waals surface area (Å²) in [6, 6.07) is 44.1. The smallest absolute Gasteiger partial charge is 0.0992 e. The van der Waals surface area contributed by atoms with Gasteiger partial charge in [0.2, 0.25) is 0 Å². The Morgan fingerprint density at radius 3 is 1.44 bits per heavy atom. The average molecular weight is 488 g/mol. The van der Waals surface area contributed by atoms with Gasteiger partial charge in [-0.15, -0.1) is 0 Å². The molecule has 0 bridgehead atoms. The van der Waals surface area contributed by atoms with Crippen LogP contribution in [0.5, 0.6) is 0 Å². The van der Waals surface area contributed by atoms with E-state index in [1.165, 1.54) is 21.2 Å². The molecule has 4 aromatic carbocycles. The van der Waals surface area contributed by atoms with Crippen molar-refractivity contribution in [3.8, 4) is 0 Å². The number of benzene rings is 4. The second kappa shape index (κ2) is 12.9. The number of aliphatic hydroxyl groups excluding tert-OH is 1. The van der Waals surface area contributed by atoms with Gasteiger partial charge < -0.3 is 9.84 Å². The van der Waals surface area contributed by atoms with Crippen LogP contribution in [0.2, 0.25) is 0 Å². The lowest BCUT2D eigenvalue weighted by Crippen LogP contribution is -2.31. The average Bonchev–Trinajstić information content (AvgIpc) is 2.92. The molecule has 0 spiro atoms. The van der Waals surface area contributed by atoms with Crippen molar-refractivity contribution in [1.29, 1.82) is 0 Å². The highest BCUT2D eigenvalue weighted by atomic mass is 31.2. The Labute approximate surface area is 205 Å². The molecule has 4 aromatic rings. The van der Waals surface area contributed by atoms with Crippen molar-refractivity contribution in [2.24, 2.45) is 0 Å². The zero-order valence-electron chi connectivity index (χ0n) is 19.5. The minimum absolute atomic E-state index is 0.0649. The molecule has 4 rings (SSSR count). The summed E-state index contributed by atoms with van der Waals surface area (Å²) in [4.78, 5) is 0. The van der Waals surface area contributed by atoms with E-state index in [4.69, 9.17) is 4.74 Å². The lowest BCUT2D eigenvalue weighted by atomic mass is 10.4. The number of hydrogen-bond donors (Lipinski definition) is 1. The van der Waals surface area contributed by atoms with Crippen molar-refractivity contribution in [3.63, 3.8) is 0 Å². The molecule has 0 aromatic heterocycles. The summed E-state index contributed by atoms with van der Waals surface area (Å²) < 4.78 is 5.84. The maximum absolute atomic E-state index is 9.24. The van der Waals surface area contributed by atoms with Crippen LogP contribution in [0, 0.1) is 0 Å². The minimum atomic E-state index is -1.73. The van der Waals surface area contributed by atoms with Crippen LogP contribution in [0.25, 0.3) is 0 Å². The van der Waals surface area contributed by atoms with Gasteiger partial charge in [0.25, 0.3) is 0 Å². The SMILES string of the molecule is OCCOCC[P+](CCP(c1ccccc1)c1ccccc1)(c1ccccc1)c1ccccc1. The first kappa shape index (κ1) is 24.8. The Morgan fingerprint density at radius 1 is 0.559 bits per heavy atom. The summed E-state index contributed by atoms with van der Waals surface area (Å²) in [6.45, 7) is 1.12. The molecule has 0 heterocycles. The maximum atomic E-state index is 9.24. The molecule has 0 aliphatic rings. The van der Waals surface area contributed by atoms with Crippen LogP contribution in [0.1, 0.15) is 0 Å². The van der Waals surface area contributed by atoms with Crippen molar-refractivity contribution in [3.05, 3.63) is 121 Å². The molecule has 0 saturated heterocycles. The van der Waals surface area contributed by atoms with E-state index < -0.39 is 15.2 Å². The third-order valence-corrected chi connectivity index (χ3v) is 13.6. The van der Waals surface area contributed by atoms with E-state index in [0.29, 0.717) is 13.2 Å². The van der Waals surface area contributed by atoms with E-state index in [2.05, 4.69) is 121 Å². The molecule has 1 N–H and O–H groups in total. The fourth-order valence-corrected chi connectivity index (χ4v) is 12.0. The lowest BCUT2D eigenvalue weighted by molar-refractivity contribution is 0.103. The topological polar surface area (TPSA) is 29.5 Å². The van der Waals surface area contributed by atoms with Crippen LogP contribution in [-0.2, 0) is 4.74 Å². The Morgan fingerprint density at radius 2 is 1.00 bits per heavy atom. The van der Waals surface area contributed by atoms with Crippen LogP contribution in [0.3, 0.4) is 0 Å². The molecule has 0 aliphatic heterocycles. The molecule has 0 atom stereocenters. The monoisotopic (exact) mass is 487 g/mol. The van der Waals surface area contributed by atoms with Gasteiger partial charge in [0.05, 0.1) is 50.0 Å². The normalized spacial score (nSPS) is 11.6. The quantitative estimate of drug-likeness (QED) is 0.230. The largest absolute Gasteiger partial charge is 0.394 e. The van der Waals surface area contributed by atoms with Crippen molar-refractivity contribution in [1.82, 2.24) is 0 Å². The van der Waals surface area contributed by atoms with E-state index >= 15 is 0 Å². The van der Waals surface area contributed by atoms with Crippen molar-refractivity contribution in [2.75, 3.05) is 38.3 Å². The molecule has 0 saturated carbocycles. The van der Waals surface area contributed by atoms with Gasteiger partial charge >= 0.3 is 0 Å². The zero-order valence-corrected chi connectivity index (χ0v) is 21.3. The number of ether oxygens (including phenoxy) is 1. The summed E-state index contributed by atoms with van der Waals surface area (Å²) in [6.07, 6.45) is 3.23. The van der Waals surface area contributed by atoms with E-state index in [1.54, 1.807) is 0 Å². The van der Waals surface area contributed by atoms with Gasteiger partial charge in [0.15, 0.2) is 0 Å². The van der Waals surface area contributed by atoms with Crippen LogP contribution < -0.4 is 21.2 Å². The van der Waals surface area contributed by atoms with Crippen molar-refractivity contribution in [2.45, 2.75) is 0 Å². The fraction of sp³-hybridized carbons (Fsp3) is 0.200. The molecule has 0 fully saturated rings. The molecule has 4 heteroatoms. The zero-order chi connectivity index (χ0) is 23.5. The standard InChI is InChI=1S/C30H33O2P2/c31-21-22-32-23-25-34(29-17-9-3-10-18-29,30-19-11-4-12-20-30)26-24-33(27-13-5-1-6-14-27)28-15-7-2-8-16-28/h1-20,31H,21-26H2/q+1. The number of hydrogen-bond acceptors (Lipinski definition) is 2. The van der Waals surface area contributed by atoms with E-state index in [-0.39, 0.29) is 6.61 Å². The van der Waals surface area contributed by atoms with Gasteiger partial charge in [-0.2, -0.15) is 0 Å². The molecule has 34 heavy (non-hydrogen) atoms. The lowest BCUT2D eigenvalue weighted by Gasteiger charge is -2.30. The Hall–Kier alpha value is -2.34. The highest BCUT2D eigenvalue weighted by Gasteiger charge is 2.42. The molecule has 174 valence electrons. The molecule has 0 amide bonds. The number of rotatable bonds is 12. The summed E-state index contributed by atoms with van der Waals surface area (Å²) in [5.41, 5.74) is 0. The van der Waals surface area contributed by atoms with Crippen LogP contribution >= 0.6 is 15.2 Å². The van der Waals surface area contributed by atoms with Gasteiger partial charge in [-0.05, 0) is 42.8 Å². The van der Waals surface area contributed by atoms with Gasteiger partial charge in [-0.25, -0.2) is 0 Å². The Kier molecular flexibility index (Phi) is 9.43. The highest BCUT2D eigenvalue weighted by Crippen LogP contribution is 2.58. The van der Waals surface area contributed by atoms with Crippen LogP contribution in [0.4, 0.5) is 0 Å². The number of aliphatic hydroxyl groups is 1. The second-order valence-electron chi connectivity index (χ2n) is 8.24. The van der Waals surface area contributed by atoms with Gasteiger partial charge in [0.1, 0.15) is 0 Å². The molecule has 0 aliphatic carbocycles. The van der Waals surface area contributed by atoms with Gasteiger partial charge in [-0.3, -0.25) is 0 Å². The van der Waals surface area contributed by atoms with E-state index in [0.717, 1.165) is 18.5 Å².